The third-order valence-corrected chi connectivity index (χ3v) is 6.62. The number of hydrogen-bond donors (Lipinski definition) is 1. The molecule has 1 amide bonds. The third kappa shape index (κ3) is 4.29. The topological polar surface area (TPSA) is 73.1 Å². The average Bonchev–Trinajstić information content (AvgIpc) is 2.85. The van der Waals surface area contributed by atoms with Gasteiger partial charge in [0.25, 0.3) is 0 Å². The number of aryl methyl sites for hydroxylation is 1. The highest BCUT2D eigenvalue weighted by atomic mass is 35.5. The number of carbonyl (C=O) groups is 1. The SMILES string of the molecule is O=C(Cn1c(=O)c(=O)n(Cc2ccccc2)c2ccc(Cl)cc21)NC1CCCc2ccccc21. The van der Waals surface area contributed by atoms with E-state index in [9.17, 15) is 14.4 Å². The number of fused-ring (bicyclic) bond motifs is 2. The molecular formula is C27H24ClN3O3. The Morgan fingerprint density at radius 1 is 0.912 bits per heavy atom. The lowest BCUT2D eigenvalue weighted by atomic mass is 9.88. The Labute approximate surface area is 201 Å². The van der Waals surface area contributed by atoms with Gasteiger partial charge in [-0.2, -0.15) is 0 Å². The van der Waals surface area contributed by atoms with E-state index in [0.29, 0.717) is 16.1 Å². The summed E-state index contributed by atoms with van der Waals surface area (Å²) in [4.78, 5) is 39.3. The molecular weight excluding hydrogens is 450 g/mol. The van der Waals surface area contributed by atoms with E-state index in [1.807, 2.05) is 48.5 Å². The first-order valence-electron chi connectivity index (χ1n) is 11.4. The maximum Gasteiger partial charge on any atom is 0.317 e. The summed E-state index contributed by atoms with van der Waals surface area (Å²) in [5.41, 5.74) is 2.82. The molecule has 0 fully saturated rings. The van der Waals surface area contributed by atoms with Gasteiger partial charge in [-0.15, -0.1) is 0 Å². The fourth-order valence-electron chi connectivity index (χ4n) is 4.76. The number of nitrogens with zero attached hydrogens (tertiary/aromatic N) is 2. The van der Waals surface area contributed by atoms with Crippen LogP contribution < -0.4 is 16.4 Å². The van der Waals surface area contributed by atoms with Crippen molar-refractivity contribution in [3.05, 3.63) is 115 Å². The molecule has 0 saturated carbocycles. The van der Waals surface area contributed by atoms with Gasteiger partial charge in [-0.1, -0.05) is 66.2 Å². The Morgan fingerprint density at radius 2 is 1.65 bits per heavy atom. The zero-order valence-corrected chi connectivity index (χ0v) is 19.3. The van der Waals surface area contributed by atoms with Gasteiger partial charge in [0.1, 0.15) is 6.54 Å². The van der Waals surface area contributed by atoms with E-state index in [4.69, 9.17) is 11.6 Å². The number of carbonyl (C=O) groups excluding carboxylic acids is 1. The fraction of sp³-hybridized carbons (Fsp3) is 0.222. The molecule has 0 bridgehead atoms. The minimum Gasteiger partial charge on any atom is -0.348 e. The quantitative estimate of drug-likeness (QED) is 0.444. The molecule has 1 aliphatic rings. The van der Waals surface area contributed by atoms with E-state index in [2.05, 4.69) is 11.4 Å². The molecule has 0 spiro atoms. The van der Waals surface area contributed by atoms with Crippen molar-refractivity contribution in [1.29, 1.82) is 0 Å². The molecule has 6 nitrogen and oxygen atoms in total. The lowest BCUT2D eigenvalue weighted by Crippen LogP contribution is -2.44. The zero-order valence-electron chi connectivity index (χ0n) is 18.5. The molecule has 7 heteroatoms. The Bertz CT molecular complexity index is 1490. The number of aromatic nitrogens is 2. The summed E-state index contributed by atoms with van der Waals surface area (Å²) in [5.74, 6) is -0.315. The van der Waals surface area contributed by atoms with Crippen LogP contribution in [0.2, 0.25) is 5.02 Å². The van der Waals surface area contributed by atoms with Crippen molar-refractivity contribution < 1.29 is 4.79 Å². The Balaban J connectivity index is 1.51. The van der Waals surface area contributed by atoms with Crippen molar-refractivity contribution in [2.75, 3.05) is 0 Å². The van der Waals surface area contributed by atoms with Crippen LogP contribution >= 0.6 is 11.6 Å². The first-order valence-corrected chi connectivity index (χ1v) is 11.7. The minimum atomic E-state index is -0.745. The highest BCUT2D eigenvalue weighted by Crippen LogP contribution is 2.29. The first-order chi connectivity index (χ1) is 16.5. The van der Waals surface area contributed by atoms with Gasteiger partial charge in [0.2, 0.25) is 5.91 Å². The molecule has 1 N–H and O–H groups in total. The maximum absolute atomic E-state index is 13.1. The second-order valence-electron chi connectivity index (χ2n) is 8.61. The number of halogens is 1. The lowest BCUT2D eigenvalue weighted by Gasteiger charge is -2.26. The summed E-state index contributed by atoms with van der Waals surface area (Å²) in [5, 5.41) is 3.49. The van der Waals surface area contributed by atoms with Crippen molar-refractivity contribution in [3.8, 4) is 0 Å². The first kappa shape index (κ1) is 22.2. The molecule has 1 unspecified atom stereocenters. The van der Waals surface area contributed by atoms with E-state index >= 15 is 0 Å². The summed E-state index contributed by atoms with van der Waals surface area (Å²) in [7, 11) is 0. The van der Waals surface area contributed by atoms with Gasteiger partial charge >= 0.3 is 11.1 Å². The molecule has 0 saturated heterocycles. The highest BCUT2D eigenvalue weighted by molar-refractivity contribution is 6.31. The van der Waals surface area contributed by atoms with Gasteiger partial charge in [0, 0.05) is 5.02 Å². The predicted octanol–water partition coefficient (Wildman–Crippen LogP) is 4.06. The number of rotatable bonds is 5. The van der Waals surface area contributed by atoms with Gasteiger partial charge in [0.15, 0.2) is 0 Å². The second-order valence-corrected chi connectivity index (χ2v) is 9.05. The maximum atomic E-state index is 13.1. The summed E-state index contributed by atoms with van der Waals surface area (Å²) < 4.78 is 2.67. The summed E-state index contributed by atoms with van der Waals surface area (Å²) >= 11 is 6.24. The monoisotopic (exact) mass is 473 g/mol. The predicted molar refractivity (Wildman–Crippen MR) is 133 cm³/mol. The molecule has 1 aliphatic carbocycles. The molecule has 0 radical (unpaired) electrons. The van der Waals surface area contributed by atoms with E-state index in [1.54, 1.807) is 18.2 Å². The van der Waals surface area contributed by atoms with E-state index in [-0.39, 0.29) is 25.0 Å². The molecule has 3 aromatic carbocycles. The van der Waals surface area contributed by atoms with Crippen LogP contribution in [-0.4, -0.2) is 15.0 Å². The molecule has 5 rings (SSSR count). The van der Waals surface area contributed by atoms with Crippen LogP contribution in [0.3, 0.4) is 0 Å². The second kappa shape index (κ2) is 9.31. The Kier molecular flexibility index (Phi) is 6.07. The molecule has 0 aliphatic heterocycles. The van der Waals surface area contributed by atoms with Crippen LogP contribution in [0.5, 0.6) is 0 Å². The van der Waals surface area contributed by atoms with Crippen LogP contribution in [0.25, 0.3) is 11.0 Å². The largest absolute Gasteiger partial charge is 0.348 e. The van der Waals surface area contributed by atoms with E-state index in [0.717, 1.165) is 30.4 Å². The van der Waals surface area contributed by atoms with Crippen molar-refractivity contribution in [2.45, 2.75) is 38.4 Å². The standard InChI is InChI=1S/C27H24ClN3O3/c28-20-13-14-23-24(15-20)31(27(34)26(33)30(23)16-18-7-2-1-3-8-18)17-25(32)29-22-12-6-10-19-9-4-5-11-21(19)22/h1-5,7-9,11,13-15,22H,6,10,12,16-17H2,(H,29,32). The lowest BCUT2D eigenvalue weighted by molar-refractivity contribution is -0.122. The number of amides is 1. The van der Waals surface area contributed by atoms with Gasteiger partial charge in [0.05, 0.1) is 23.6 Å². The van der Waals surface area contributed by atoms with Crippen LogP contribution in [0.15, 0.2) is 82.4 Å². The third-order valence-electron chi connectivity index (χ3n) is 6.38. The molecule has 34 heavy (non-hydrogen) atoms. The van der Waals surface area contributed by atoms with Crippen molar-refractivity contribution in [2.24, 2.45) is 0 Å². The molecule has 1 aromatic heterocycles. The van der Waals surface area contributed by atoms with Crippen molar-refractivity contribution in [1.82, 2.24) is 14.5 Å². The van der Waals surface area contributed by atoms with Gasteiger partial charge in [-0.3, -0.25) is 23.5 Å². The fourth-order valence-corrected chi connectivity index (χ4v) is 4.92. The Hall–Kier alpha value is -3.64. The average molecular weight is 474 g/mol. The van der Waals surface area contributed by atoms with E-state index < -0.39 is 11.1 Å². The van der Waals surface area contributed by atoms with Gasteiger partial charge in [-0.05, 0) is 54.2 Å². The van der Waals surface area contributed by atoms with Crippen molar-refractivity contribution >= 4 is 28.5 Å². The van der Waals surface area contributed by atoms with Crippen LogP contribution in [-0.2, 0) is 24.3 Å². The van der Waals surface area contributed by atoms with E-state index in [1.165, 1.54) is 14.7 Å². The Morgan fingerprint density at radius 3 is 2.47 bits per heavy atom. The number of benzene rings is 3. The molecule has 172 valence electrons. The summed E-state index contributed by atoms with van der Waals surface area (Å²) in [6.45, 7) is -0.00526. The molecule has 1 heterocycles. The zero-order chi connectivity index (χ0) is 23.7. The van der Waals surface area contributed by atoms with Crippen LogP contribution in [0, 0.1) is 0 Å². The van der Waals surface area contributed by atoms with Gasteiger partial charge in [-0.25, -0.2) is 0 Å². The highest BCUT2D eigenvalue weighted by Gasteiger charge is 2.23. The normalized spacial score (nSPS) is 15.1. The van der Waals surface area contributed by atoms with Crippen LogP contribution in [0.4, 0.5) is 0 Å². The molecule has 4 aromatic rings. The number of nitrogens with one attached hydrogen (secondary N) is 1. The van der Waals surface area contributed by atoms with Crippen molar-refractivity contribution in [3.63, 3.8) is 0 Å². The summed E-state index contributed by atoms with van der Waals surface area (Å²) in [6.07, 6.45) is 2.81. The smallest absolute Gasteiger partial charge is 0.317 e. The number of hydrogen-bond acceptors (Lipinski definition) is 3. The van der Waals surface area contributed by atoms with Crippen LogP contribution in [0.1, 0.15) is 35.6 Å². The summed E-state index contributed by atoms with van der Waals surface area (Å²) in [6, 6.07) is 22.5. The molecule has 1 atom stereocenters. The minimum absolute atomic E-state index is 0.110. The van der Waals surface area contributed by atoms with Gasteiger partial charge < -0.3 is 5.32 Å².